The van der Waals surface area contributed by atoms with E-state index >= 15 is 0 Å². The molecule has 0 amide bonds. The summed E-state index contributed by atoms with van der Waals surface area (Å²) >= 11 is 0. The van der Waals surface area contributed by atoms with Crippen LogP contribution in [0.3, 0.4) is 0 Å². The summed E-state index contributed by atoms with van der Waals surface area (Å²) in [5, 5.41) is 0. The minimum absolute atomic E-state index is 0. The van der Waals surface area contributed by atoms with Crippen LogP contribution in [0, 0.1) is 0 Å². The Morgan fingerprint density at radius 1 is 0.459 bits per heavy atom. The Hall–Kier alpha value is -0.200. The first-order valence-corrected chi connectivity index (χ1v) is 17.6. The Kier molecular flexibility index (Phi) is 33.7. The van der Waals surface area contributed by atoms with Crippen molar-refractivity contribution in [3.63, 3.8) is 0 Å². The van der Waals surface area contributed by atoms with Crippen molar-refractivity contribution >= 4 is 10.1 Å². The molecule has 3 N–H and O–H groups in total. The van der Waals surface area contributed by atoms with Crippen LogP contribution in [0.5, 0.6) is 0 Å². The van der Waals surface area contributed by atoms with Crippen molar-refractivity contribution in [3.8, 4) is 0 Å². The van der Waals surface area contributed by atoms with Gasteiger partial charge < -0.3 is 6.15 Å². The molecule has 0 fully saturated rings. The number of hydrogen-bond donors (Lipinski definition) is 1. The Morgan fingerprint density at radius 3 is 1.11 bits per heavy atom. The van der Waals surface area contributed by atoms with Crippen molar-refractivity contribution in [2.24, 2.45) is 0 Å². The Morgan fingerprint density at radius 2 is 0.757 bits per heavy atom. The molecular formula is C31H66FNO3S. The van der Waals surface area contributed by atoms with E-state index in [1.165, 1.54) is 109 Å². The van der Waals surface area contributed by atoms with Crippen LogP contribution in [0.4, 0.5) is 4.39 Å². The molecule has 0 aromatic rings. The zero-order chi connectivity index (χ0) is 26.4. The van der Waals surface area contributed by atoms with Crippen molar-refractivity contribution in [1.29, 1.82) is 0 Å². The van der Waals surface area contributed by atoms with Gasteiger partial charge in [0.05, 0.1) is 19.0 Å². The molecule has 4 nitrogen and oxygen atoms in total. The molecule has 226 valence electrons. The van der Waals surface area contributed by atoms with Crippen LogP contribution in [-0.4, -0.2) is 27.5 Å². The van der Waals surface area contributed by atoms with E-state index in [-0.39, 0.29) is 18.6 Å². The second-order valence-corrected chi connectivity index (χ2v) is 12.7. The molecule has 0 saturated heterocycles. The standard InChI is InChI=1S/C31H63FO3S.H3N/c1-2-3-4-5-6-7-8-9-10-11-12-13-14-15-16-18-21-24-27-30-35-36(33,34)31-28-25-22-19-17-20-23-26-29-32;/h2-31H2,1H3;1H3. The van der Waals surface area contributed by atoms with Gasteiger partial charge in [0.2, 0.25) is 0 Å². The molecule has 0 heterocycles. The van der Waals surface area contributed by atoms with Gasteiger partial charge in [0, 0.05) is 0 Å². The summed E-state index contributed by atoms with van der Waals surface area (Å²) in [6, 6.07) is 0. The van der Waals surface area contributed by atoms with E-state index in [4.69, 9.17) is 4.18 Å². The maximum absolute atomic E-state index is 12.0. The molecule has 0 bridgehead atoms. The van der Waals surface area contributed by atoms with Gasteiger partial charge in [-0.25, -0.2) is 0 Å². The molecule has 0 aromatic heterocycles. The van der Waals surface area contributed by atoms with E-state index < -0.39 is 10.1 Å². The van der Waals surface area contributed by atoms with Gasteiger partial charge in [-0.05, 0) is 19.3 Å². The van der Waals surface area contributed by atoms with Gasteiger partial charge in [-0.3, -0.25) is 8.57 Å². The minimum atomic E-state index is -3.35. The number of halogens is 1. The third-order valence-electron chi connectivity index (χ3n) is 7.29. The molecule has 0 saturated carbocycles. The Balaban J connectivity index is 0. The van der Waals surface area contributed by atoms with Crippen molar-refractivity contribution in [1.82, 2.24) is 6.15 Å². The quantitative estimate of drug-likeness (QED) is 0.0686. The van der Waals surface area contributed by atoms with Crippen LogP contribution in [0.15, 0.2) is 0 Å². The van der Waals surface area contributed by atoms with Crippen molar-refractivity contribution in [3.05, 3.63) is 0 Å². The lowest BCUT2D eigenvalue weighted by Gasteiger charge is -2.06. The summed E-state index contributed by atoms with van der Waals surface area (Å²) in [5.74, 6) is 0.147. The monoisotopic (exact) mass is 551 g/mol. The molecule has 0 rings (SSSR count). The lowest BCUT2D eigenvalue weighted by atomic mass is 10.0. The molecular weight excluding hydrogens is 485 g/mol. The summed E-state index contributed by atoms with van der Waals surface area (Å²) in [6.45, 7) is 2.41. The lowest BCUT2D eigenvalue weighted by molar-refractivity contribution is 0.305. The molecule has 0 radical (unpaired) electrons. The summed E-state index contributed by atoms with van der Waals surface area (Å²) in [5.41, 5.74) is 0. The molecule has 6 heteroatoms. The van der Waals surface area contributed by atoms with Crippen LogP contribution >= 0.6 is 0 Å². The first-order chi connectivity index (χ1) is 17.6. The fourth-order valence-corrected chi connectivity index (χ4v) is 5.91. The van der Waals surface area contributed by atoms with Crippen LogP contribution < -0.4 is 6.15 Å². The molecule has 37 heavy (non-hydrogen) atoms. The maximum atomic E-state index is 12.0. The van der Waals surface area contributed by atoms with E-state index in [9.17, 15) is 12.8 Å². The second kappa shape index (κ2) is 32.0. The second-order valence-electron chi connectivity index (χ2n) is 11.0. The van der Waals surface area contributed by atoms with E-state index in [0.717, 1.165) is 51.4 Å². The molecule has 0 aliphatic carbocycles. The summed E-state index contributed by atoms with van der Waals surface area (Å²) in [6.07, 6.45) is 33.1. The van der Waals surface area contributed by atoms with E-state index in [1.807, 2.05) is 0 Å². The largest absolute Gasteiger partial charge is 0.344 e. The van der Waals surface area contributed by atoms with Crippen molar-refractivity contribution < 1.29 is 17.0 Å². The summed E-state index contributed by atoms with van der Waals surface area (Å²) in [4.78, 5) is 0. The van der Waals surface area contributed by atoms with Gasteiger partial charge in [0.1, 0.15) is 0 Å². The van der Waals surface area contributed by atoms with Crippen LogP contribution in [0.25, 0.3) is 0 Å². The third-order valence-corrected chi connectivity index (χ3v) is 8.60. The van der Waals surface area contributed by atoms with Crippen LogP contribution in [0.2, 0.25) is 0 Å². The lowest BCUT2D eigenvalue weighted by Crippen LogP contribution is -2.11. The van der Waals surface area contributed by atoms with Gasteiger partial charge in [-0.1, -0.05) is 161 Å². The average molecular weight is 552 g/mol. The topological polar surface area (TPSA) is 78.4 Å². The molecule has 0 aliphatic heterocycles. The van der Waals surface area contributed by atoms with Gasteiger partial charge in [-0.2, -0.15) is 8.42 Å². The van der Waals surface area contributed by atoms with Crippen molar-refractivity contribution in [2.45, 2.75) is 180 Å². The van der Waals surface area contributed by atoms with Gasteiger partial charge >= 0.3 is 0 Å². The normalized spacial score (nSPS) is 11.6. The minimum Gasteiger partial charge on any atom is -0.344 e. The highest BCUT2D eigenvalue weighted by atomic mass is 32.2. The maximum Gasteiger partial charge on any atom is 0.267 e. The van der Waals surface area contributed by atoms with E-state index in [0.29, 0.717) is 19.4 Å². The van der Waals surface area contributed by atoms with Crippen LogP contribution in [-0.2, 0) is 14.3 Å². The highest BCUT2D eigenvalue weighted by Gasteiger charge is 2.10. The summed E-state index contributed by atoms with van der Waals surface area (Å²) < 4.78 is 41.1. The third kappa shape index (κ3) is 33.8. The first kappa shape index (κ1) is 38.9. The van der Waals surface area contributed by atoms with Crippen LogP contribution in [0.1, 0.15) is 180 Å². The fraction of sp³-hybridized carbons (Fsp3) is 1.00. The Bertz CT molecular complexity index is 517. The molecule has 0 aliphatic rings. The number of unbranched alkanes of at least 4 members (excludes halogenated alkanes) is 25. The number of alkyl halides is 1. The predicted molar refractivity (Wildman–Crippen MR) is 161 cm³/mol. The van der Waals surface area contributed by atoms with Gasteiger partial charge in [0.25, 0.3) is 10.1 Å². The van der Waals surface area contributed by atoms with Gasteiger partial charge in [0.15, 0.2) is 0 Å². The highest BCUT2D eigenvalue weighted by Crippen LogP contribution is 2.15. The van der Waals surface area contributed by atoms with E-state index in [2.05, 4.69) is 6.92 Å². The first-order valence-electron chi connectivity index (χ1n) is 16.1. The van der Waals surface area contributed by atoms with E-state index in [1.54, 1.807) is 0 Å². The highest BCUT2D eigenvalue weighted by molar-refractivity contribution is 7.86. The smallest absolute Gasteiger partial charge is 0.267 e. The molecule has 0 spiro atoms. The Labute approximate surface area is 232 Å². The number of rotatable bonds is 31. The number of hydrogen-bond acceptors (Lipinski definition) is 4. The average Bonchev–Trinajstić information content (AvgIpc) is 2.86. The molecule has 0 aromatic carbocycles. The zero-order valence-electron chi connectivity index (χ0n) is 24.9. The molecule has 0 atom stereocenters. The van der Waals surface area contributed by atoms with Gasteiger partial charge in [-0.15, -0.1) is 0 Å². The fourth-order valence-electron chi connectivity index (χ4n) is 4.86. The zero-order valence-corrected chi connectivity index (χ0v) is 25.7. The van der Waals surface area contributed by atoms with Crippen molar-refractivity contribution in [2.75, 3.05) is 19.0 Å². The molecule has 0 unspecified atom stereocenters. The predicted octanol–water partition coefficient (Wildman–Crippen LogP) is 11.0. The summed E-state index contributed by atoms with van der Waals surface area (Å²) in [7, 11) is -3.35. The SMILES string of the molecule is CCCCCCCCCCCCCCCCCCCCCOS(=O)(=O)CCCCCCCCCCF.N.